The average Bonchev–Trinajstić information content (AvgIpc) is 3.07. The first kappa shape index (κ1) is 18.7. The SMILES string of the molecule is COc1cc(C(=O)N[C@H]2CCCC[C@@H]2C)ccc1OCc1csc(C)n1. The number of aryl methyl sites for hydroxylation is 1. The number of ether oxygens (including phenoxy) is 2. The van der Waals surface area contributed by atoms with Gasteiger partial charge in [-0.05, 0) is 43.9 Å². The van der Waals surface area contributed by atoms with Gasteiger partial charge in [-0.1, -0.05) is 19.8 Å². The van der Waals surface area contributed by atoms with Crippen LogP contribution in [0.5, 0.6) is 11.5 Å². The van der Waals surface area contributed by atoms with Crippen LogP contribution in [0.2, 0.25) is 0 Å². The number of hydrogen-bond acceptors (Lipinski definition) is 5. The highest BCUT2D eigenvalue weighted by Crippen LogP contribution is 2.30. The molecule has 5 nitrogen and oxygen atoms in total. The molecule has 2 aromatic rings. The number of rotatable bonds is 6. The maximum Gasteiger partial charge on any atom is 0.251 e. The Balaban J connectivity index is 1.66. The largest absolute Gasteiger partial charge is 0.493 e. The highest BCUT2D eigenvalue weighted by Gasteiger charge is 2.23. The molecule has 1 aromatic heterocycles. The third-order valence-corrected chi connectivity index (χ3v) is 5.72. The number of hydrogen-bond donors (Lipinski definition) is 1. The molecule has 2 atom stereocenters. The smallest absolute Gasteiger partial charge is 0.251 e. The predicted molar refractivity (Wildman–Crippen MR) is 103 cm³/mol. The maximum atomic E-state index is 12.6. The van der Waals surface area contributed by atoms with E-state index in [1.165, 1.54) is 19.3 Å². The summed E-state index contributed by atoms with van der Waals surface area (Å²) >= 11 is 1.60. The third-order valence-electron chi connectivity index (χ3n) is 4.90. The van der Waals surface area contributed by atoms with E-state index < -0.39 is 0 Å². The molecule has 1 amide bonds. The van der Waals surface area contributed by atoms with Crippen molar-refractivity contribution < 1.29 is 14.3 Å². The molecule has 1 saturated carbocycles. The number of nitrogens with one attached hydrogen (secondary N) is 1. The summed E-state index contributed by atoms with van der Waals surface area (Å²) in [5.41, 5.74) is 1.49. The number of amides is 1. The van der Waals surface area contributed by atoms with Crippen LogP contribution in [0.3, 0.4) is 0 Å². The lowest BCUT2D eigenvalue weighted by Gasteiger charge is -2.29. The summed E-state index contributed by atoms with van der Waals surface area (Å²) in [6.07, 6.45) is 4.67. The van der Waals surface area contributed by atoms with Crippen molar-refractivity contribution in [3.8, 4) is 11.5 Å². The third kappa shape index (κ3) is 4.55. The molecule has 3 rings (SSSR count). The molecule has 1 N–H and O–H groups in total. The van der Waals surface area contributed by atoms with Crippen LogP contribution in [0.1, 0.15) is 53.7 Å². The first-order chi connectivity index (χ1) is 12.6. The number of carbonyl (C=O) groups is 1. The molecular weight excluding hydrogens is 348 g/mol. The van der Waals surface area contributed by atoms with Gasteiger partial charge in [-0.2, -0.15) is 0 Å². The van der Waals surface area contributed by atoms with Gasteiger partial charge in [0.15, 0.2) is 11.5 Å². The topological polar surface area (TPSA) is 60.5 Å². The van der Waals surface area contributed by atoms with Crippen molar-refractivity contribution in [1.82, 2.24) is 10.3 Å². The van der Waals surface area contributed by atoms with E-state index in [1.807, 2.05) is 12.3 Å². The number of benzene rings is 1. The Kier molecular flexibility index (Phi) is 6.14. The summed E-state index contributed by atoms with van der Waals surface area (Å²) in [5.74, 6) is 1.64. The monoisotopic (exact) mass is 374 g/mol. The Morgan fingerprint density at radius 3 is 2.81 bits per heavy atom. The van der Waals surface area contributed by atoms with E-state index in [9.17, 15) is 4.79 Å². The lowest BCUT2D eigenvalue weighted by Crippen LogP contribution is -2.41. The number of aromatic nitrogens is 1. The van der Waals surface area contributed by atoms with E-state index in [4.69, 9.17) is 9.47 Å². The zero-order valence-corrected chi connectivity index (χ0v) is 16.4. The summed E-state index contributed by atoms with van der Waals surface area (Å²) in [6.45, 7) is 4.56. The normalized spacial score (nSPS) is 19.8. The second-order valence-corrected chi connectivity index (χ2v) is 7.92. The molecule has 0 radical (unpaired) electrons. The Morgan fingerprint density at radius 1 is 1.31 bits per heavy atom. The van der Waals surface area contributed by atoms with Crippen LogP contribution < -0.4 is 14.8 Å². The maximum absolute atomic E-state index is 12.6. The fraction of sp³-hybridized carbons (Fsp3) is 0.500. The molecule has 1 heterocycles. The Bertz CT molecular complexity index is 759. The standard InChI is InChI=1S/C20H26N2O3S/c1-13-6-4-5-7-17(13)22-20(23)15-8-9-18(19(10-15)24-3)25-11-16-12-26-14(2)21-16/h8-10,12-13,17H,4-7,11H2,1-3H3,(H,22,23)/t13-,17-/m0/s1. The minimum Gasteiger partial charge on any atom is -0.493 e. The Labute approximate surface area is 158 Å². The van der Waals surface area contributed by atoms with Crippen molar-refractivity contribution in [2.75, 3.05) is 7.11 Å². The van der Waals surface area contributed by atoms with Gasteiger partial charge in [0.05, 0.1) is 17.8 Å². The van der Waals surface area contributed by atoms with E-state index in [1.54, 1.807) is 36.6 Å². The first-order valence-electron chi connectivity index (χ1n) is 9.09. The fourth-order valence-electron chi connectivity index (χ4n) is 3.34. The summed E-state index contributed by atoms with van der Waals surface area (Å²) in [4.78, 5) is 17.0. The van der Waals surface area contributed by atoms with Crippen molar-refractivity contribution in [3.05, 3.63) is 39.8 Å². The minimum absolute atomic E-state index is 0.0521. The van der Waals surface area contributed by atoms with Crippen LogP contribution >= 0.6 is 11.3 Å². The molecule has 140 valence electrons. The second-order valence-electron chi connectivity index (χ2n) is 6.85. The lowest BCUT2D eigenvalue weighted by molar-refractivity contribution is 0.0910. The minimum atomic E-state index is -0.0521. The average molecular weight is 375 g/mol. The van der Waals surface area contributed by atoms with Gasteiger partial charge >= 0.3 is 0 Å². The molecule has 1 aliphatic rings. The molecule has 1 aliphatic carbocycles. The lowest BCUT2D eigenvalue weighted by atomic mass is 9.86. The molecule has 1 fully saturated rings. The highest BCUT2D eigenvalue weighted by atomic mass is 32.1. The first-order valence-corrected chi connectivity index (χ1v) is 9.97. The number of thiazole rings is 1. The van der Waals surface area contributed by atoms with Gasteiger partial charge in [-0.25, -0.2) is 4.98 Å². The predicted octanol–water partition coefficient (Wildman–Crippen LogP) is 4.35. The zero-order valence-electron chi connectivity index (χ0n) is 15.6. The summed E-state index contributed by atoms with van der Waals surface area (Å²) in [6, 6.07) is 5.57. The van der Waals surface area contributed by atoms with E-state index >= 15 is 0 Å². The number of carbonyl (C=O) groups excluding carboxylic acids is 1. The van der Waals surface area contributed by atoms with E-state index in [-0.39, 0.29) is 11.9 Å². The van der Waals surface area contributed by atoms with Crippen LogP contribution in [0.4, 0.5) is 0 Å². The van der Waals surface area contributed by atoms with Crippen LogP contribution in [-0.4, -0.2) is 24.0 Å². The van der Waals surface area contributed by atoms with Gasteiger partial charge in [0.2, 0.25) is 0 Å². The molecule has 0 spiro atoms. The Hall–Kier alpha value is -2.08. The molecule has 1 aromatic carbocycles. The molecular formula is C20H26N2O3S. The van der Waals surface area contributed by atoms with Crippen molar-refractivity contribution in [2.24, 2.45) is 5.92 Å². The van der Waals surface area contributed by atoms with Gasteiger partial charge in [-0.3, -0.25) is 4.79 Å². The van der Waals surface area contributed by atoms with Crippen LogP contribution in [0.15, 0.2) is 23.6 Å². The molecule has 0 bridgehead atoms. The van der Waals surface area contributed by atoms with Gasteiger partial charge in [0.1, 0.15) is 6.61 Å². The van der Waals surface area contributed by atoms with E-state index in [0.717, 1.165) is 17.1 Å². The van der Waals surface area contributed by atoms with Crippen molar-refractivity contribution >= 4 is 17.2 Å². The van der Waals surface area contributed by atoms with Gasteiger partial charge in [0, 0.05) is 17.0 Å². The quantitative estimate of drug-likeness (QED) is 0.817. The fourth-order valence-corrected chi connectivity index (χ4v) is 3.93. The van der Waals surface area contributed by atoms with Gasteiger partial charge in [-0.15, -0.1) is 11.3 Å². The van der Waals surface area contributed by atoms with Crippen LogP contribution in [-0.2, 0) is 6.61 Å². The molecule has 0 aliphatic heterocycles. The number of methoxy groups -OCH3 is 1. The van der Waals surface area contributed by atoms with Gasteiger partial charge < -0.3 is 14.8 Å². The van der Waals surface area contributed by atoms with E-state index in [0.29, 0.717) is 29.6 Å². The highest BCUT2D eigenvalue weighted by molar-refractivity contribution is 7.09. The summed E-state index contributed by atoms with van der Waals surface area (Å²) in [7, 11) is 1.58. The van der Waals surface area contributed by atoms with Crippen LogP contribution in [0, 0.1) is 12.8 Å². The summed E-state index contributed by atoms with van der Waals surface area (Å²) < 4.78 is 11.2. The molecule has 6 heteroatoms. The van der Waals surface area contributed by atoms with E-state index in [2.05, 4.69) is 17.2 Å². The van der Waals surface area contributed by atoms with Gasteiger partial charge in [0.25, 0.3) is 5.91 Å². The number of nitrogens with zero attached hydrogens (tertiary/aromatic N) is 1. The molecule has 0 unspecified atom stereocenters. The second kappa shape index (κ2) is 8.54. The zero-order chi connectivity index (χ0) is 18.5. The molecule has 0 saturated heterocycles. The van der Waals surface area contributed by atoms with Crippen molar-refractivity contribution in [2.45, 2.75) is 52.2 Å². The Morgan fingerprint density at radius 2 is 2.12 bits per heavy atom. The van der Waals surface area contributed by atoms with Crippen molar-refractivity contribution in [1.29, 1.82) is 0 Å². The van der Waals surface area contributed by atoms with Crippen LogP contribution in [0.25, 0.3) is 0 Å². The molecule has 26 heavy (non-hydrogen) atoms. The summed E-state index contributed by atoms with van der Waals surface area (Å²) in [5, 5.41) is 6.17. The van der Waals surface area contributed by atoms with Crippen molar-refractivity contribution in [3.63, 3.8) is 0 Å².